The Morgan fingerprint density at radius 2 is 2.03 bits per heavy atom. The number of hydrogen-bond donors (Lipinski definition) is 2. The van der Waals surface area contributed by atoms with Gasteiger partial charge in [0.1, 0.15) is 5.69 Å². The summed E-state index contributed by atoms with van der Waals surface area (Å²) in [6.07, 6.45) is -2.19. The van der Waals surface area contributed by atoms with Crippen LogP contribution in [0.3, 0.4) is 0 Å². The van der Waals surface area contributed by atoms with E-state index in [0.717, 1.165) is 18.5 Å². The number of methoxy groups -OCH3 is 1. The number of fused-ring (bicyclic) bond motifs is 1. The topological polar surface area (TPSA) is 112 Å². The standard InChI is InChI=1S/C21H20F5N5O3S/c1-19(14-5-20(14,8-33-2)35-18(27)31-19)11-3-10(4-12(22)16(11)23)30-17(32)13-6-29-15(7-28-13)34-9-21(24,25)26/h3-4,6-7,14H,5,8-9H2,1-2H3,(H2,27,31)(H,30,32)/t14-,19-,20+/m0/s1. The molecular formula is C21H20F5N5O3S. The van der Waals surface area contributed by atoms with Crippen LogP contribution in [0.1, 0.15) is 29.4 Å². The zero-order valence-corrected chi connectivity index (χ0v) is 19.3. The highest BCUT2D eigenvalue weighted by Gasteiger charge is 2.66. The number of hydrogen-bond acceptors (Lipinski definition) is 8. The van der Waals surface area contributed by atoms with Gasteiger partial charge in [0.25, 0.3) is 5.91 Å². The van der Waals surface area contributed by atoms with Crippen molar-refractivity contribution in [2.24, 2.45) is 16.6 Å². The third-order valence-electron chi connectivity index (χ3n) is 5.82. The largest absolute Gasteiger partial charge is 0.467 e. The van der Waals surface area contributed by atoms with Crippen molar-refractivity contribution in [1.82, 2.24) is 9.97 Å². The minimum absolute atomic E-state index is 0.0747. The summed E-state index contributed by atoms with van der Waals surface area (Å²) in [5.41, 5.74) is 4.37. The van der Waals surface area contributed by atoms with Crippen LogP contribution in [-0.4, -0.2) is 52.3 Å². The number of alkyl halides is 3. The van der Waals surface area contributed by atoms with Gasteiger partial charge in [0.15, 0.2) is 23.4 Å². The second kappa shape index (κ2) is 8.90. The molecule has 3 atom stereocenters. The van der Waals surface area contributed by atoms with E-state index in [2.05, 4.69) is 25.0 Å². The summed E-state index contributed by atoms with van der Waals surface area (Å²) in [6, 6.07) is 2.07. The summed E-state index contributed by atoms with van der Waals surface area (Å²) in [6.45, 7) is 0.439. The SMILES string of the molecule is COC[C@]12C[C@H]1[C@](C)(c1cc(NC(=O)c3cnc(OCC(F)(F)F)cn3)cc(F)c1F)N=C(N)S2. The molecule has 1 aliphatic carbocycles. The molecule has 1 aliphatic heterocycles. The Bertz CT molecular complexity index is 1180. The second-order valence-corrected chi connectivity index (χ2v) is 9.81. The zero-order valence-electron chi connectivity index (χ0n) is 18.4. The highest BCUT2D eigenvalue weighted by Crippen LogP contribution is 2.66. The van der Waals surface area contributed by atoms with E-state index in [9.17, 15) is 26.7 Å². The molecule has 2 aromatic rings. The number of benzene rings is 1. The van der Waals surface area contributed by atoms with Crippen LogP contribution in [0.15, 0.2) is 29.5 Å². The predicted molar refractivity (Wildman–Crippen MR) is 117 cm³/mol. The lowest BCUT2D eigenvalue weighted by Gasteiger charge is -2.34. The third-order valence-corrected chi connectivity index (χ3v) is 7.09. The number of aromatic nitrogens is 2. The fourth-order valence-corrected chi connectivity index (χ4v) is 5.67. The number of amidine groups is 1. The van der Waals surface area contributed by atoms with Crippen molar-refractivity contribution in [3.05, 3.63) is 47.4 Å². The average Bonchev–Trinajstić information content (AvgIpc) is 3.49. The highest BCUT2D eigenvalue weighted by atomic mass is 32.2. The summed E-state index contributed by atoms with van der Waals surface area (Å²) in [5.74, 6) is -3.77. The molecule has 8 nitrogen and oxygen atoms in total. The first-order valence-corrected chi connectivity index (χ1v) is 11.0. The van der Waals surface area contributed by atoms with Gasteiger partial charge in [0, 0.05) is 30.3 Å². The van der Waals surface area contributed by atoms with Crippen molar-refractivity contribution in [3.63, 3.8) is 0 Å². The Kier molecular flexibility index (Phi) is 6.38. The van der Waals surface area contributed by atoms with E-state index in [-0.39, 0.29) is 28.0 Å². The Morgan fingerprint density at radius 1 is 1.29 bits per heavy atom. The number of rotatable bonds is 7. The van der Waals surface area contributed by atoms with Crippen LogP contribution >= 0.6 is 11.8 Å². The third kappa shape index (κ3) is 5.03. The number of ether oxygens (including phenoxy) is 2. The Hall–Kier alpha value is -3.00. The van der Waals surface area contributed by atoms with Gasteiger partial charge in [0.2, 0.25) is 5.88 Å². The van der Waals surface area contributed by atoms with Gasteiger partial charge in [-0.3, -0.25) is 9.79 Å². The molecule has 3 N–H and O–H groups in total. The van der Waals surface area contributed by atoms with Gasteiger partial charge in [-0.15, -0.1) is 0 Å². The molecule has 0 saturated heterocycles. The number of nitrogens with two attached hydrogens (primary N) is 1. The number of nitrogens with one attached hydrogen (secondary N) is 1. The van der Waals surface area contributed by atoms with Gasteiger partial charge in [-0.1, -0.05) is 11.8 Å². The molecule has 14 heteroatoms. The molecule has 2 heterocycles. The highest BCUT2D eigenvalue weighted by molar-refractivity contribution is 8.15. The van der Waals surface area contributed by atoms with Gasteiger partial charge in [-0.25, -0.2) is 18.7 Å². The van der Waals surface area contributed by atoms with Crippen molar-refractivity contribution >= 4 is 28.5 Å². The van der Waals surface area contributed by atoms with Crippen molar-refractivity contribution in [2.75, 3.05) is 25.6 Å². The van der Waals surface area contributed by atoms with Crippen molar-refractivity contribution in [3.8, 4) is 5.88 Å². The number of aliphatic imine (C=N–C) groups is 1. The molecule has 1 saturated carbocycles. The Balaban J connectivity index is 1.56. The summed E-state index contributed by atoms with van der Waals surface area (Å²) >= 11 is 1.34. The molecule has 0 unspecified atom stereocenters. The van der Waals surface area contributed by atoms with Gasteiger partial charge >= 0.3 is 6.18 Å². The summed E-state index contributed by atoms with van der Waals surface area (Å²) < 4.78 is 75.6. The molecule has 0 spiro atoms. The lowest BCUT2D eigenvalue weighted by Crippen LogP contribution is -2.38. The first-order valence-electron chi connectivity index (χ1n) is 10.2. The summed E-state index contributed by atoms with van der Waals surface area (Å²) in [5, 5.41) is 2.61. The molecule has 4 rings (SSSR count). The van der Waals surface area contributed by atoms with Gasteiger partial charge in [-0.05, 0) is 19.4 Å². The maximum absolute atomic E-state index is 15.0. The maximum atomic E-state index is 15.0. The minimum Gasteiger partial charge on any atom is -0.467 e. The van der Waals surface area contributed by atoms with Gasteiger partial charge in [0.05, 0.1) is 29.3 Å². The quantitative estimate of drug-likeness (QED) is 0.540. The molecule has 1 aromatic heterocycles. The number of thioether (sulfide) groups is 1. The maximum Gasteiger partial charge on any atom is 0.422 e. The van der Waals surface area contributed by atoms with Crippen molar-refractivity contribution in [1.29, 1.82) is 0 Å². The average molecular weight is 517 g/mol. The van der Waals surface area contributed by atoms with E-state index in [0.29, 0.717) is 13.0 Å². The van der Waals surface area contributed by atoms with Crippen LogP contribution in [-0.2, 0) is 10.3 Å². The number of amides is 1. The first-order chi connectivity index (χ1) is 16.4. The Labute approximate surface area is 200 Å². The van der Waals surface area contributed by atoms with Crippen molar-refractivity contribution in [2.45, 2.75) is 29.8 Å². The summed E-state index contributed by atoms with van der Waals surface area (Å²) in [4.78, 5) is 24.3. The smallest absolute Gasteiger partial charge is 0.422 e. The fraction of sp³-hybridized carbons (Fsp3) is 0.429. The van der Waals surface area contributed by atoms with E-state index in [1.807, 2.05) is 0 Å². The minimum atomic E-state index is -4.56. The van der Waals surface area contributed by atoms with Crippen LogP contribution in [0.4, 0.5) is 27.6 Å². The van der Waals surface area contributed by atoms with Crippen LogP contribution < -0.4 is 15.8 Å². The molecule has 188 valence electrons. The van der Waals surface area contributed by atoms with Crippen LogP contribution in [0.2, 0.25) is 0 Å². The lowest BCUT2D eigenvalue weighted by molar-refractivity contribution is -0.154. The van der Waals surface area contributed by atoms with Crippen LogP contribution in [0.5, 0.6) is 5.88 Å². The second-order valence-electron chi connectivity index (χ2n) is 8.37. The molecular weight excluding hydrogens is 497 g/mol. The van der Waals surface area contributed by atoms with Gasteiger partial charge < -0.3 is 20.5 Å². The number of anilines is 1. The fourth-order valence-electron chi connectivity index (χ4n) is 4.22. The van der Waals surface area contributed by atoms with Crippen LogP contribution in [0.25, 0.3) is 0 Å². The van der Waals surface area contributed by atoms with E-state index in [1.165, 1.54) is 24.9 Å². The predicted octanol–water partition coefficient (Wildman–Crippen LogP) is 3.63. The van der Waals surface area contributed by atoms with E-state index in [1.54, 1.807) is 6.92 Å². The number of carbonyl (C=O) groups excluding carboxylic acids is 1. The first kappa shape index (κ1) is 25.1. The number of halogens is 5. The Morgan fingerprint density at radius 3 is 2.66 bits per heavy atom. The number of carbonyl (C=O) groups is 1. The zero-order chi connectivity index (χ0) is 25.6. The summed E-state index contributed by atoms with van der Waals surface area (Å²) in [7, 11) is 1.54. The molecule has 0 radical (unpaired) electrons. The molecule has 1 fully saturated rings. The van der Waals surface area contributed by atoms with E-state index in [4.69, 9.17) is 10.5 Å². The van der Waals surface area contributed by atoms with Crippen molar-refractivity contribution < 1.29 is 36.2 Å². The van der Waals surface area contributed by atoms with E-state index >= 15 is 0 Å². The normalized spacial score (nSPS) is 25.5. The molecule has 0 bridgehead atoms. The lowest BCUT2D eigenvalue weighted by atomic mass is 9.85. The van der Waals surface area contributed by atoms with E-state index < -0.39 is 46.5 Å². The van der Waals surface area contributed by atoms with Crippen LogP contribution in [0, 0.1) is 17.6 Å². The molecule has 2 aliphatic rings. The van der Waals surface area contributed by atoms with Gasteiger partial charge in [-0.2, -0.15) is 13.2 Å². The number of nitrogens with zero attached hydrogens (tertiary/aromatic N) is 3. The molecule has 1 amide bonds. The molecule has 35 heavy (non-hydrogen) atoms. The monoisotopic (exact) mass is 517 g/mol. The molecule has 1 aromatic carbocycles.